The first-order valence-corrected chi connectivity index (χ1v) is 24.8. The van der Waals surface area contributed by atoms with Gasteiger partial charge in [0.05, 0.1) is 31.8 Å². The molecule has 1 aliphatic heterocycles. The Morgan fingerprint density at radius 3 is 2.10 bits per heavy atom. The quantitative estimate of drug-likeness (QED) is 0.0261. The lowest BCUT2D eigenvalue weighted by molar-refractivity contribution is -0.185. The summed E-state index contributed by atoms with van der Waals surface area (Å²) in [5, 5.41) is 25.7. The van der Waals surface area contributed by atoms with Gasteiger partial charge in [0.1, 0.15) is 18.0 Å². The first kappa shape index (κ1) is 51.4. The summed E-state index contributed by atoms with van der Waals surface area (Å²) in [5.74, 6) is 3.12. The maximum Gasteiger partial charge on any atom is 0.339 e. The molecule has 58 heavy (non-hydrogen) atoms. The van der Waals surface area contributed by atoms with Gasteiger partial charge in [-0.25, -0.2) is 4.79 Å². The van der Waals surface area contributed by atoms with Crippen LogP contribution in [0.1, 0.15) is 144 Å². The number of nitrogens with one attached hydrogen (secondary N) is 1. The highest BCUT2D eigenvalue weighted by molar-refractivity contribution is 6.74. The van der Waals surface area contributed by atoms with E-state index in [2.05, 4.69) is 57.9 Å². The van der Waals surface area contributed by atoms with Gasteiger partial charge < -0.3 is 38.9 Å². The fraction of sp³-hybridized carbons (Fsp3) is 0.745. The highest BCUT2D eigenvalue weighted by Gasteiger charge is 2.50. The predicted molar refractivity (Wildman–Crippen MR) is 235 cm³/mol. The minimum absolute atomic E-state index is 0.0687. The van der Waals surface area contributed by atoms with Crippen molar-refractivity contribution in [3.8, 4) is 17.6 Å². The van der Waals surface area contributed by atoms with Crippen LogP contribution in [0.5, 0.6) is 5.75 Å². The van der Waals surface area contributed by atoms with Gasteiger partial charge in [0.2, 0.25) is 5.91 Å². The van der Waals surface area contributed by atoms with Crippen molar-refractivity contribution in [3.63, 3.8) is 0 Å². The molecule has 1 aromatic carbocycles. The SMILES string of the molecule is CC#CCOc1ccc(C[C@@H](CO)NC(=O)[C@@H](/C=C/CCCCCCC2(CCCCCCC)OCCO2)[C@@](O)(CCO[Si](C)(C)C(C)(C)C)C(=O)OC(C)(C)C)cc1. The van der Waals surface area contributed by atoms with Crippen LogP contribution >= 0.6 is 0 Å². The maximum atomic E-state index is 14.3. The molecule has 1 fully saturated rings. The van der Waals surface area contributed by atoms with E-state index in [0.717, 1.165) is 50.5 Å². The first-order chi connectivity index (χ1) is 27.3. The van der Waals surface area contributed by atoms with Gasteiger partial charge in [0, 0.05) is 25.9 Å². The number of ether oxygens (including phenoxy) is 4. The van der Waals surface area contributed by atoms with Crippen LogP contribution < -0.4 is 10.1 Å². The fourth-order valence-electron chi connectivity index (χ4n) is 6.69. The Labute approximate surface area is 352 Å². The van der Waals surface area contributed by atoms with E-state index < -0.39 is 49.1 Å². The molecule has 1 aromatic rings. The molecule has 3 N–H and O–H groups in total. The number of aliphatic hydroxyl groups excluding tert-OH is 1. The molecular weight excluding hydrogens is 751 g/mol. The van der Waals surface area contributed by atoms with E-state index in [1.54, 1.807) is 33.8 Å². The van der Waals surface area contributed by atoms with Crippen molar-refractivity contribution >= 4 is 20.2 Å². The smallest absolute Gasteiger partial charge is 0.339 e. The van der Waals surface area contributed by atoms with Crippen molar-refractivity contribution < 1.29 is 43.2 Å². The Kier molecular flexibility index (Phi) is 22.3. The van der Waals surface area contributed by atoms with Gasteiger partial charge in [-0.1, -0.05) is 96.4 Å². The molecule has 0 spiro atoms. The number of amides is 1. The minimum atomic E-state index is -2.26. The second-order valence-electron chi connectivity index (χ2n) is 18.4. The summed E-state index contributed by atoms with van der Waals surface area (Å²) < 4.78 is 30.1. The minimum Gasteiger partial charge on any atom is -0.481 e. The predicted octanol–water partition coefficient (Wildman–Crippen LogP) is 9.21. The van der Waals surface area contributed by atoms with Gasteiger partial charge in [-0.05, 0) is 95.6 Å². The lowest BCUT2D eigenvalue weighted by atomic mass is 9.82. The number of allylic oxidation sites excluding steroid dienone is 1. The molecule has 1 saturated heterocycles. The van der Waals surface area contributed by atoms with E-state index in [4.69, 9.17) is 23.4 Å². The van der Waals surface area contributed by atoms with Crippen molar-refractivity contribution in [2.45, 2.75) is 186 Å². The van der Waals surface area contributed by atoms with Gasteiger partial charge in [0.25, 0.3) is 0 Å². The van der Waals surface area contributed by atoms with E-state index in [9.17, 15) is 19.8 Å². The lowest BCUT2D eigenvalue weighted by Gasteiger charge is -2.38. The highest BCUT2D eigenvalue weighted by Crippen LogP contribution is 2.38. The lowest BCUT2D eigenvalue weighted by Crippen LogP contribution is -2.56. The maximum absolute atomic E-state index is 14.3. The molecule has 0 bridgehead atoms. The van der Waals surface area contributed by atoms with Crippen LogP contribution in [0.3, 0.4) is 0 Å². The molecule has 3 atom stereocenters. The number of esters is 1. The second kappa shape index (κ2) is 25.1. The van der Waals surface area contributed by atoms with Gasteiger partial charge in [-0.2, -0.15) is 0 Å². The standard InChI is InChI=1S/C47H79NO9Si/c1-11-13-15-19-22-29-46(54-34-35-55-46)30-23-20-17-16-18-21-24-41(42(50)48-39(37-49)36-38-25-27-40(28-26-38)53-32-14-12-2)47(52,43(51)57-44(3,4)5)31-33-56-58(9,10)45(6,7)8/h21,24-28,39,41,49,52H,11,13,15-20,22-23,29-37H2,1-10H3,(H,48,50)/b24-21+/t39-,41+,47-/m0/s1. The van der Waals surface area contributed by atoms with Crippen LogP contribution in [0, 0.1) is 17.8 Å². The van der Waals surface area contributed by atoms with Crippen LogP contribution in [0.4, 0.5) is 0 Å². The van der Waals surface area contributed by atoms with Gasteiger partial charge >= 0.3 is 5.97 Å². The van der Waals surface area contributed by atoms with Crippen LogP contribution in [0.2, 0.25) is 18.1 Å². The molecule has 0 aromatic heterocycles. The second-order valence-corrected chi connectivity index (χ2v) is 23.2. The third-order valence-corrected chi connectivity index (χ3v) is 15.8. The zero-order valence-electron chi connectivity index (χ0n) is 37.8. The Bertz CT molecular complexity index is 1430. The zero-order chi connectivity index (χ0) is 43.3. The molecule has 11 heteroatoms. The van der Waals surface area contributed by atoms with Crippen LogP contribution in [0.15, 0.2) is 36.4 Å². The number of carbonyl (C=O) groups excluding carboxylic acids is 2. The molecule has 0 radical (unpaired) electrons. The summed E-state index contributed by atoms with van der Waals surface area (Å²) in [6, 6.07) is 6.71. The Balaban J connectivity index is 2.23. The topological polar surface area (TPSA) is 133 Å². The van der Waals surface area contributed by atoms with Crippen molar-refractivity contribution in [1.29, 1.82) is 0 Å². The van der Waals surface area contributed by atoms with Gasteiger partial charge in [0.15, 0.2) is 19.7 Å². The van der Waals surface area contributed by atoms with Crippen molar-refractivity contribution in [2.75, 3.05) is 33.0 Å². The molecule has 1 heterocycles. The number of unbranched alkanes of at least 4 members (excludes halogenated alkanes) is 8. The number of hydrogen-bond donors (Lipinski definition) is 3. The van der Waals surface area contributed by atoms with Gasteiger partial charge in [-0.15, -0.1) is 5.92 Å². The van der Waals surface area contributed by atoms with E-state index in [1.165, 1.54) is 25.7 Å². The average Bonchev–Trinajstić information content (AvgIpc) is 3.61. The molecule has 0 aliphatic carbocycles. The number of rotatable bonds is 27. The fourth-order valence-corrected chi connectivity index (χ4v) is 7.74. The molecule has 1 aliphatic rings. The summed E-state index contributed by atoms with van der Waals surface area (Å²) in [4.78, 5) is 28.3. The number of benzene rings is 1. The largest absolute Gasteiger partial charge is 0.481 e. The Morgan fingerprint density at radius 1 is 0.948 bits per heavy atom. The molecule has 330 valence electrons. The first-order valence-electron chi connectivity index (χ1n) is 21.9. The van der Waals surface area contributed by atoms with Crippen LogP contribution in [0.25, 0.3) is 0 Å². The number of carbonyl (C=O) groups is 2. The molecule has 0 unspecified atom stereocenters. The number of aliphatic hydroxyl groups is 2. The van der Waals surface area contributed by atoms with E-state index in [-0.39, 0.29) is 31.3 Å². The summed E-state index contributed by atoms with van der Waals surface area (Å²) in [7, 11) is -2.26. The molecule has 2 rings (SSSR count). The van der Waals surface area contributed by atoms with E-state index in [0.29, 0.717) is 31.8 Å². The van der Waals surface area contributed by atoms with Crippen LogP contribution in [-0.2, 0) is 34.6 Å². The Morgan fingerprint density at radius 2 is 1.55 bits per heavy atom. The molecule has 0 saturated carbocycles. The summed E-state index contributed by atoms with van der Waals surface area (Å²) >= 11 is 0. The monoisotopic (exact) mass is 830 g/mol. The molecule has 1 amide bonds. The third kappa shape index (κ3) is 18.3. The summed E-state index contributed by atoms with van der Waals surface area (Å²) in [6.45, 7) is 21.1. The highest BCUT2D eigenvalue weighted by atomic mass is 28.4. The number of hydrogen-bond acceptors (Lipinski definition) is 9. The van der Waals surface area contributed by atoms with E-state index >= 15 is 0 Å². The summed E-state index contributed by atoms with van der Waals surface area (Å²) in [5.41, 5.74) is -2.28. The normalized spacial score (nSPS) is 16.6. The third-order valence-electron chi connectivity index (χ3n) is 11.2. The van der Waals surface area contributed by atoms with E-state index in [1.807, 2.05) is 30.3 Å². The van der Waals surface area contributed by atoms with Crippen molar-refractivity contribution in [1.82, 2.24) is 5.32 Å². The molecular formula is C47H79NO9Si. The van der Waals surface area contributed by atoms with Crippen molar-refractivity contribution in [2.24, 2.45) is 5.92 Å². The van der Waals surface area contributed by atoms with Gasteiger partial charge in [-0.3, -0.25) is 4.79 Å². The van der Waals surface area contributed by atoms with Crippen molar-refractivity contribution in [3.05, 3.63) is 42.0 Å². The summed E-state index contributed by atoms with van der Waals surface area (Å²) in [6.07, 6.45) is 16.1. The Hall–Kier alpha value is -2.72. The molecule has 10 nitrogen and oxygen atoms in total. The average molecular weight is 830 g/mol. The van der Waals surface area contributed by atoms with Crippen LogP contribution in [-0.4, -0.2) is 86.5 Å². The zero-order valence-corrected chi connectivity index (χ0v) is 38.8.